The maximum Gasteiger partial charge on any atom is 0.247 e. The summed E-state index contributed by atoms with van der Waals surface area (Å²) in [6, 6.07) is 1.43. The van der Waals surface area contributed by atoms with Gasteiger partial charge in [-0.1, -0.05) is 22.6 Å². The lowest BCUT2D eigenvalue weighted by atomic mass is 10.1. The van der Waals surface area contributed by atoms with E-state index >= 15 is 0 Å². The molecule has 106 valence electrons. The van der Waals surface area contributed by atoms with Crippen LogP contribution in [0.1, 0.15) is 12.8 Å². The summed E-state index contributed by atoms with van der Waals surface area (Å²) in [7, 11) is -3.75. The van der Waals surface area contributed by atoms with Crippen LogP contribution < -0.4 is 5.73 Å². The largest absolute Gasteiger partial charge is 0.391 e. The van der Waals surface area contributed by atoms with Crippen LogP contribution in [0, 0.1) is 0 Å². The molecule has 1 saturated heterocycles. The van der Waals surface area contributed by atoms with Crippen LogP contribution in [0.25, 0.3) is 0 Å². The molecule has 1 aromatic rings. The summed E-state index contributed by atoms with van der Waals surface area (Å²) in [5, 5.41) is 9.81. The average Bonchev–Trinajstić information content (AvgIpc) is 2.35. The fourth-order valence-corrected chi connectivity index (χ4v) is 5.57. The number of nitrogens with two attached hydrogens (primary N) is 1. The molecule has 2 rings (SSSR count). The highest BCUT2D eigenvalue weighted by Gasteiger charge is 2.37. The molecule has 2 unspecified atom stereocenters. The van der Waals surface area contributed by atoms with Gasteiger partial charge in [0.2, 0.25) is 10.0 Å². The Kier molecular flexibility index (Phi) is 4.71. The molecule has 19 heavy (non-hydrogen) atoms. The number of aromatic nitrogens is 1. The smallest absolute Gasteiger partial charge is 0.247 e. The molecule has 1 aromatic heterocycles. The molecule has 1 fully saturated rings. The number of alkyl halides is 1. The van der Waals surface area contributed by atoms with E-state index in [2.05, 4.69) is 20.9 Å². The van der Waals surface area contributed by atoms with Crippen LogP contribution in [0.3, 0.4) is 0 Å². The van der Waals surface area contributed by atoms with Gasteiger partial charge in [0, 0.05) is 17.2 Å². The molecule has 6 nitrogen and oxygen atoms in total. The number of hydrogen-bond donors (Lipinski definition) is 2. The standard InChI is InChI=1S/C10H13BrIN3O3S/c11-6-4-8(10(13)14-5-6)19(17,18)15-3-1-2-7(16)9(15)12/h4-5,7,9,16H,1-3H2,(H2,13,14). The minimum atomic E-state index is -3.75. The van der Waals surface area contributed by atoms with Gasteiger partial charge in [0.25, 0.3) is 0 Å². The molecule has 3 N–H and O–H groups in total. The first-order valence-corrected chi connectivity index (χ1v) is 9.07. The lowest BCUT2D eigenvalue weighted by molar-refractivity contribution is 0.0991. The van der Waals surface area contributed by atoms with E-state index in [0.29, 0.717) is 23.9 Å². The summed E-state index contributed by atoms with van der Waals surface area (Å²) in [4.78, 5) is 3.81. The molecule has 0 radical (unpaired) electrons. The molecule has 0 aliphatic carbocycles. The molecule has 1 aliphatic rings. The topological polar surface area (TPSA) is 96.5 Å². The van der Waals surface area contributed by atoms with E-state index in [1.54, 1.807) is 0 Å². The lowest BCUT2D eigenvalue weighted by Gasteiger charge is -2.34. The predicted molar refractivity (Wildman–Crippen MR) is 83.3 cm³/mol. The number of nitrogen functional groups attached to an aromatic ring is 1. The fourth-order valence-electron chi connectivity index (χ4n) is 1.93. The summed E-state index contributed by atoms with van der Waals surface area (Å²) in [5.74, 6) is -0.0353. The summed E-state index contributed by atoms with van der Waals surface area (Å²) in [6.07, 6.45) is 2.01. The Morgan fingerprint density at radius 3 is 2.95 bits per heavy atom. The highest BCUT2D eigenvalue weighted by molar-refractivity contribution is 14.1. The molecular formula is C10H13BrIN3O3S. The first-order chi connectivity index (χ1) is 8.84. The number of rotatable bonds is 2. The Morgan fingerprint density at radius 1 is 1.58 bits per heavy atom. The number of piperidine rings is 1. The second-order valence-electron chi connectivity index (χ2n) is 4.23. The first-order valence-electron chi connectivity index (χ1n) is 5.59. The van der Waals surface area contributed by atoms with Crippen LogP contribution in [-0.2, 0) is 10.0 Å². The molecule has 0 bridgehead atoms. The van der Waals surface area contributed by atoms with Crippen molar-refractivity contribution in [3.8, 4) is 0 Å². The average molecular weight is 462 g/mol. The Hall–Kier alpha value is 0.0300. The number of nitrogens with zero attached hydrogens (tertiary/aromatic N) is 2. The van der Waals surface area contributed by atoms with E-state index in [1.165, 1.54) is 16.6 Å². The minimum absolute atomic E-state index is 0.0300. The summed E-state index contributed by atoms with van der Waals surface area (Å²) in [5.41, 5.74) is 5.66. The zero-order chi connectivity index (χ0) is 14.2. The van der Waals surface area contributed by atoms with Gasteiger partial charge in [-0.3, -0.25) is 0 Å². The number of anilines is 1. The van der Waals surface area contributed by atoms with Crippen molar-refractivity contribution in [1.29, 1.82) is 0 Å². The molecule has 2 atom stereocenters. The van der Waals surface area contributed by atoms with E-state index in [4.69, 9.17) is 5.73 Å². The van der Waals surface area contributed by atoms with Crippen molar-refractivity contribution in [2.24, 2.45) is 0 Å². The summed E-state index contributed by atoms with van der Waals surface area (Å²) < 4.78 is 26.5. The molecular weight excluding hydrogens is 449 g/mol. The monoisotopic (exact) mass is 461 g/mol. The Balaban J connectivity index is 2.44. The Bertz CT molecular complexity index is 583. The van der Waals surface area contributed by atoms with Crippen LogP contribution in [-0.4, -0.2) is 39.5 Å². The van der Waals surface area contributed by atoms with Crippen molar-refractivity contribution in [2.45, 2.75) is 27.9 Å². The quantitative estimate of drug-likeness (QED) is 0.393. The van der Waals surface area contributed by atoms with E-state index in [0.717, 1.165) is 0 Å². The van der Waals surface area contributed by atoms with Gasteiger partial charge in [-0.05, 0) is 34.8 Å². The highest BCUT2D eigenvalue weighted by atomic mass is 127. The van der Waals surface area contributed by atoms with Crippen LogP contribution in [0.4, 0.5) is 5.82 Å². The van der Waals surface area contributed by atoms with Crippen molar-refractivity contribution in [1.82, 2.24) is 9.29 Å². The summed E-state index contributed by atoms with van der Waals surface area (Å²) >= 11 is 5.13. The van der Waals surface area contributed by atoms with Gasteiger partial charge in [-0.2, -0.15) is 4.31 Å². The maximum atomic E-state index is 12.6. The van der Waals surface area contributed by atoms with Crippen molar-refractivity contribution in [3.05, 3.63) is 16.7 Å². The Labute approximate surface area is 133 Å². The van der Waals surface area contributed by atoms with Gasteiger partial charge in [0.1, 0.15) is 14.8 Å². The van der Waals surface area contributed by atoms with Gasteiger partial charge in [0.15, 0.2) is 0 Å². The molecule has 2 heterocycles. The van der Waals surface area contributed by atoms with Crippen molar-refractivity contribution in [2.75, 3.05) is 12.3 Å². The van der Waals surface area contributed by atoms with Gasteiger partial charge >= 0.3 is 0 Å². The maximum absolute atomic E-state index is 12.6. The van der Waals surface area contributed by atoms with Crippen molar-refractivity contribution in [3.63, 3.8) is 0 Å². The van der Waals surface area contributed by atoms with Crippen molar-refractivity contribution < 1.29 is 13.5 Å². The van der Waals surface area contributed by atoms with Gasteiger partial charge < -0.3 is 10.8 Å². The van der Waals surface area contributed by atoms with Crippen LogP contribution in [0.2, 0.25) is 0 Å². The number of hydrogen-bond acceptors (Lipinski definition) is 5. The third-order valence-corrected chi connectivity index (χ3v) is 7.13. The van der Waals surface area contributed by atoms with E-state index in [-0.39, 0.29) is 10.7 Å². The molecule has 0 aromatic carbocycles. The van der Waals surface area contributed by atoms with Gasteiger partial charge in [0.05, 0.1) is 6.10 Å². The Morgan fingerprint density at radius 2 is 2.26 bits per heavy atom. The number of pyridine rings is 1. The van der Waals surface area contributed by atoms with E-state index in [9.17, 15) is 13.5 Å². The molecule has 1 aliphatic heterocycles. The number of aliphatic hydroxyl groups excluding tert-OH is 1. The second-order valence-corrected chi connectivity index (χ2v) is 8.29. The fraction of sp³-hybridized carbons (Fsp3) is 0.500. The molecule has 9 heteroatoms. The highest BCUT2D eigenvalue weighted by Crippen LogP contribution is 2.31. The summed E-state index contributed by atoms with van der Waals surface area (Å²) in [6.45, 7) is 0.374. The van der Waals surface area contributed by atoms with Crippen LogP contribution >= 0.6 is 38.5 Å². The van der Waals surface area contributed by atoms with E-state index < -0.39 is 20.2 Å². The van der Waals surface area contributed by atoms with Crippen molar-refractivity contribution >= 4 is 54.4 Å². The normalized spacial score (nSPS) is 25.4. The molecule has 0 spiro atoms. The van der Waals surface area contributed by atoms with Gasteiger partial charge in [-0.15, -0.1) is 0 Å². The zero-order valence-electron chi connectivity index (χ0n) is 9.83. The van der Waals surface area contributed by atoms with E-state index in [1.807, 2.05) is 22.6 Å². The SMILES string of the molecule is Nc1ncc(Br)cc1S(=O)(=O)N1CCCC(O)C1I. The number of halogens is 2. The molecule has 0 amide bonds. The first kappa shape index (κ1) is 15.4. The minimum Gasteiger partial charge on any atom is -0.391 e. The van der Waals surface area contributed by atoms with Crippen LogP contribution in [0.15, 0.2) is 21.6 Å². The lowest BCUT2D eigenvalue weighted by Crippen LogP contribution is -2.47. The predicted octanol–water partition coefficient (Wildman–Crippen LogP) is 1.33. The molecule has 0 saturated carbocycles. The number of aliphatic hydroxyl groups is 1. The van der Waals surface area contributed by atoms with Gasteiger partial charge in [-0.25, -0.2) is 13.4 Å². The zero-order valence-corrected chi connectivity index (χ0v) is 14.4. The van der Waals surface area contributed by atoms with Crippen LogP contribution in [0.5, 0.6) is 0 Å². The second kappa shape index (κ2) is 5.80. The number of sulfonamides is 1. The third-order valence-electron chi connectivity index (χ3n) is 2.91. The third kappa shape index (κ3) is 3.04.